The third kappa shape index (κ3) is 2.57. The molecule has 1 rings (SSSR count). The topological polar surface area (TPSA) is 9.23 Å². The first-order chi connectivity index (χ1) is 5.11. The first-order valence-electron chi connectivity index (χ1n) is 4.39. The minimum atomic E-state index is 0.393. The van der Waals surface area contributed by atoms with Crippen molar-refractivity contribution >= 4 is 0 Å². The molecule has 0 saturated heterocycles. The highest BCUT2D eigenvalue weighted by molar-refractivity contribution is 4.91. The van der Waals surface area contributed by atoms with Crippen LogP contribution >= 0.6 is 0 Å². The zero-order valence-corrected chi connectivity index (χ0v) is 7.76. The van der Waals surface area contributed by atoms with Crippen LogP contribution in [-0.4, -0.2) is 6.61 Å². The molecule has 1 heteroatoms. The molecule has 1 aliphatic heterocycles. The Hall–Kier alpha value is -0.460. The van der Waals surface area contributed by atoms with Gasteiger partial charge in [0.15, 0.2) is 0 Å². The van der Waals surface area contributed by atoms with E-state index >= 15 is 0 Å². The van der Waals surface area contributed by atoms with Crippen LogP contribution in [0.5, 0.6) is 0 Å². The average Bonchev–Trinajstić information content (AvgIpc) is 2.10. The number of rotatable bonds is 0. The minimum absolute atomic E-state index is 0.393. The SMILES string of the molecule is CC(C)(C)C1C=COCCC1. The minimum Gasteiger partial charge on any atom is -0.502 e. The van der Waals surface area contributed by atoms with Crippen LogP contribution in [0.4, 0.5) is 0 Å². The van der Waals surface area contributed by atoms with Gasteiger partial charge in [-0.25, -0.2) is 0 Å². The molecule has 0 aromatic heterocycles. The van der Waals surface area contributed by atoms with E-state index in [1.54, 1.807) is 0 Å². The summed E-state index contributed by atoms with van der Waals surface area (Å²) in [6, 6.07) is 0. The summed E-state index contributed by atoms with van der Waals surface area (Å²) in [6.07, 6.45) is 6.52. The largest absolute Gasteiger partial charge is 0.502 e. The van der Waals surface area contributed by atoms with Gasteiger partial charge in [-0.3, -0.25) is 0 Å². The van der Waals surface area contributed by atoms with Crippen molar-refractivity contribution in [2.75, 3.05) is 6.61 Å². The quantitative estimate of drug-likeness (QED) is 0.521. The van der Waals surface area contributed by atoms with E-state index in [0.29, 0.717) is 11.3 Å². The molecule has 0 amide bonds. The molecule has 1 unspecified atom stereocenters. The van der Waals surface area contributed by atoms with E-state index in [1.165, 1.54) is 12.8 Å². The molecule has 0 N–H and O–H groups in total. The van der Waals surface area contributed by atoms with Gasteiger partial charge in [-0.2, -0.15) is 0 Å². The van der Waals surface area contributed by atoms with Gasteiger partial charge in [0, 0.05) is 0 Å². The van der Waals surface area contributed by atoms with Gasteiger partial charge in [-0.05, 0) is 30.3 Å². The van der Waals surface area contributed by atoms with Crippen molar-refractivity contribution in [2.45, 2.75) is 33.6 Å². The fraction of sp³-hybridized carbons (Fsp3) is 0.800. The Bertz CT molecular complexity index is 141. The van der Waals surface area contributed by atoms with Crippen molar-refractivity contribution in [3.8, 4) is 0 Å². The Morgan fingerprint density at radius 1 is 1.36 bits per heavy atom. The molecule has 0 fully saturated rings. The van der Waals surface area contributed by atoms with Crippen LogP contribution in [0.25, 0.3) is 0 Å². The summed E-state index contributed by atoms with van der Waals surface area (Å²) >= 11 is 0. The normalized spacial score (nSPS) is 25.9. The second kappa shape index (κ2) is 3.29. The Morgan fingerprint density at radius 3 is 2.73 bits per heavy atom. The van der Waals surface area contributed by atoms with Crippen molar-refractivity contribution in [3.05, 3.63) is 12.3 Å². The lowest BCUT2D eigenvalue weighted by Crippen LogP contribution is -2.17. The molecule has 0 aromatic carbocycles. The lowest BCUT2D eigenvalue weighted by atomic mass is 9.78. The summed E-state index contributed by atoms with van der Waals surface area (Å²) in [5.74, 6) is 0.685. The van der Waals surface area contributed by atoms with Crippen molar-refractivity contribution in [2.24, 2.45) is 11.3 Å². The zero-order chi connectivity index (χ0) is 8.32. The van der Waals surface area contributed by atoms with Crippen LogP contribution in [-0.2, 0) is 4.74 Å². The van der Waals surface area contributed by atoms with E-state index in [9.17, 15) is 0 Å². The number of hydrogen-bond acceptors (Lipinski definition) is 1. The van der Waals surface area contributed by atoms with E-state index in [4.69, 9.17) is 4.74 Å². The number of hydrogen-bond donors (Lipinski definition) is 0. The predicted molar refractivity (Wildman–Crippen MR) is 47.3 cm³/mol. The highest BCUT2D eigenvalue weighted by Crippen LogP contribution is 2.31. The first kappa shape index (κ1) is 8.63. The average molecular weight is 154 g/mol. The van der Waals surface area contributed by atoms with E-state index < -0.39 is 0 Å². The van der Waals surface area contributed by atoms with Crippen LogP contribution in [0.2, 0.25) is 0 Å². The van der Waals surface area contributed by atoms with Crippen LogP contribution in [0.15, 0.2) is 12.3 Å². The summed E-state index contributed by atoms with van der Waals surface area (Å²) < 4.78 is 5.24. The fourth-order valence-electron chi connectivity index (χ4n) is 1.42. The second-order valence-corrected chi connectivity index (χ2v) is 4.31. The van der Waals surface area contributed by atoms with Gasteiger partial charge in [0.05, 0.1) is 12.9 Å². The standard InChI is InChI=1S/C10H18O/c1-10(2,3)9-5-4-7-11-8-6-9/h6,8-9H,4-5,7H2,1-3H3. The van der Waals surface area contributed by atoms with Gasteiger partial charge in [-0.15, -0.1) is 0 Å². The van der Waals surface area contributed by atoms with E-state index in [0.717, 1.165) is 6.61 Å². The van der Waals surface area contributed by atoms with Gasteiger partial charge in [0.2, 0.25) is 0 Å². The molecule has 0 radical (unpaired) electrons. The predicted octanol–water partition coefficient (Wildman–Crippen LogP) is 2.97. The van der Waals surface area contributed by atoms with Crippen LogP contribution in [0, 0.1) is 11.3 Å². The van der Waals surface area contributed by atoms with Gasteiger partial charge in [0.25, 0.3) is 0 Å². The van der Waals surface area contributed by atoms with Crippen molar-refractivity contribution in [1.82, 2.24) is 0 Å². The fourth-order valence-corrected chi connectivity index (χ4v) is 1.42. The molecule has 1 heterocycles. The van der Waals surface area contributed by atoms with E-state index in [2.05, 4.69) is 26.8 Å². The van der Waals surface area contributed by atoms with Gasteiger partial charge in [0.1, 0.15) is 0 Å². The lowest BCUT2D eigenvalue weighted by Gasteiger charge is -2.26. The van der Waals surface area contributed by atoms with Crippen molar-refractivity contribution < 1.29 is 4.74 Å². The maximum absolute atomic E-state index is 5.24. The Morgan fingerprint density at radius 2 is 2.09 bits per heavy atom. The smallest absolute Gasteiger partial charge is 0.0873 e. The van der Waals surface area contributed by atoms with E-state index in [1.807, 2.05) is 6.26 Å². The number of ether oxygens (including phenoxy) is 1. The monoisotopic (exact) mass is 154 g/mol. The molecular weight excluding hydrogens is 136 g/mol. The Kier molecular flexibility index (Phi) is 2.58. The molecule has 0 bridgehead atoms. The van der Waals surface area contributed by atoms with Crippen molar-refractivity contribution in [3.63, 3.8) is 0 Å². The molecule has 0 aromatic rings. The maximum atomic E-state index is 5.24. The lowest BCUT2D eigenvalue weighted by molar-refractivity contribution is 0.238. The molecule has 0 aliphatic carbocycles. The molecule has 0 saturated carbocycles. The van der Waals surface area contributed by atoms with Crippen LogP contribution in [0.1, 0.15) is 33.6 Å². The highest BCUT2D eigenvalue weighted by Gasteiger charge is 2.22. The molecule has 1 nitrogen and oxygen atoms in total. The first-order valence-corrected chi connectivity index (χ1v) is 4.39. The van der Waals surface area contributed by atoms with Crippen LogP contribution in [0.3, 0.4) is 0 Å². The third-order valence-electron chi connectivity index (χ3n) is 2.30. The van der Waals surface area contributed by atoms with Gasteiger partial charge in [-0.1, -0.05) is 20.8 Å². The van der Waals surface area contributed by atoms with Gasteiger partial charge >= 0.3 is 0 Å². The van der Waals surface area contributed by atoms with Crippen molar-refractivity contribution in [1.29, 1.82) is 0 Å². The maximum Gasteiger partial charge on any atom is 0.0873 e. The van der Waals surface area contributed by atoms with Gasteiger partial charge < -0.3 is 4.74 Å². The molecule has 1 aliphatic rings. The molecule has 1 atom stereocenters. The van der Waals surface area contributed by atoms with Crippen LogP contribution < -0.4 is 0 Å². The Labute approximate surface area is 69.4 Å². The summed E-state index contributed by atoms with van der Waals surface area (Å²) in [6.45, 7) is 7.75. The molecule has 64 valence electrons. The Balaban J connectivity index is 2.56. The number of allylic oxidation sites excluding steroid dienone is 1. The summed E-state index contributed by atoms with van der Waals surface area (Å²) in [5.41, 5.74) is 0.393. The van der Waals surface area contributed by atoms with E-state index in [-0.39, 0.29) is 0 Å². The summed E-state index contributed by atoms with van der Waals surface area (Å²) in [7, 11) is 0. The zero-order valence-electron chi connectivity index (χ0n) is 7.76. The highest BCUT2D eigenvalue weighted by atomic mass is 16.5. The summed E-state index contributed by atoms with van der Waals surface area (Å²) in [5, 5.41) is 0. The summed E-state index contributed by atoms with van der Waals surface area (Å²) in [4.78, 5) is 0. The molecule has 0 spiro atoms. The third-order valence-corrected chi connectivity index (χ3v) is 2.30. The second-order valence-electron chi connectivity index (χ2n) is 4.31. The molecular formula is C10H18O. The molecule has 11 heavy (non-hydrogen) atoms.